The van der Waals surface area contributed by atoms with Crippen LogP contribution in [0.25, 0.3) is 11.2 Å². The Hall–Kier alpha value is -4.30. The van der Waals surface area contributed by atoms with Crippen molar-refractivity contribution in [2.45, 2.75) is 13.3 Å². The second-order valence-corrected chi connectivity index (χ2v) is 7.00. The molecule has 32 heavy (non-hydrogen) atoms. The van der Waals surface area contributed by atoms with Crippen molar-refractivity contribution >= 4 is 28.5 Å². The highest BCUT2D eigenvalue weighted by Gasteiger charge is 2.14. The molecule has 3 N–H and O–H groups in total. The molecular weight excluding hydrogens is 410 g/mol. The third kappa shape index (κ3) is 4.55. The van der Waals surface area contributed by atoms with Crippen LogP contribution in [-0.2, 0) is 7.05 Å². The van der Waals surface area contributed by atoms with Crippen molar-refractivity contribution < 1.29 is 9.84 Å². The van der Waals surface area contributed by atoms with Gasteiger partial charge in [0.25, 0.3) is 0 Å². The number of nitriles is 1. The lowest BCUT2D eigenvalue weighted by Gasteiger charge is -2.12. The average molecular weight is 431 g/mol. The first kappa shape index (κ1) is 21.0. The molecule has 0 saturated carbocycles. The number of aryl methyl sites for hydroxylation is 2. The number of pyridine rings is 2. The van der Waals surface area contributed by atoms with Crippen LogP contribution < -0.4 is 15.4 Å². The standard InChI is InChI=1S/C21H21N9O2/c1-13-6-14(9-22)24-10-16(13)32-19-7-15(20-21(29-19)30(2)12-27-20)28-18-8-17(25-11-26-18)23-4-3-5-31/h6-8,10-12,31H,3-5H2,1-2H3,(H2,23,25,26,28,29). The number of aliphatic hydroxyl groups excluding tert-OH is 1. The number of ether oxygens (including phenoxy) is 1. The number of anilines is 3. The van der Waals surface area contributed by atoms with E-state index in [-0.39, 0.29) is 6.61 Å². The number of hydrogen-bond acceptors (Lipinski definition) is 10. The molecule has 0 aromatic carbocycles. The van der Waals surface area contributed by atoms with Crippen molar-refractivity contribution in [2.75, 3.05) is 23.8 Å². The number of hydrogen-bond donors (Lipinski definition) is 3. The summed E-state index contributed by atoms with van der Waals surface area (Å²) in [6, 6.07) is 7.16. The zero-order valence-electron chi connectivity index (χ0n) is 17.6. The predicted octanol–water partition coefficient (Wildman–Crippen LogP) is 2.66. The van der Waals surface area contributed by atoms with Gasteiger partial charge >= 0.3 is 0 Å². The maximum absolute atomic E-state index is 9.01. The lowest BCUT2D eigenvalue weighted by molar-refractivity contribution is 0.292. The van der Waals surface area contributed by atoms with Gasteiger partial charge in [0.05, 0.1) is 18.2 Å². The normalized spacial score (nSPS) is 10.7. The van der Waals surface area contributed by atoms with Gasteiger partial charge in [0.1, 0.15) is 35.2 Å². The van der Waals surface area contributed by atoms with Crippen molar-refractivity contribution in [2.24, 2.45) is 7.05 Å². The van der Waals surface area contributed by atoms with Gasteiger partial charge in [0.2, 0.25) is 5.88 Å². The van der Waals surface area contributed by atoms with E-state index in [0.717, 1.165) is 5.56 Å². The van der Waals surface area contributed by atoms with Gasteiger partial charge in [-0.1, -0.05) is 0 Å². The monoisotopic (exact) mass is 431 g/mol. The van der Waals surface area contributed by atoms with Gasteiger partial charge in [0, 0.05) is 32.3 Å². The number of imidazole rings is 1. The Morgan fingerprint density at radius 2 is 2.00 bits per heavy atom. The molecule has 0 saturated heterocycles. The van der Waals surface area contributed by atoms with Gasteiger partial charge in [-0.3, -0.25) is 0 Å². The van der Waals surface area contributed by atoms with Crippen molar-refractivity contribution in [1.82, 2.24) is 29.5 Å². The SMILES string of the molecule is Cc1cc(C#N)ncc1Oc1cc(Nc2cc(NCCCO)ncn2)c2ncn(C)c2n1. The van der Waals surface area contributed by atoms with E-state index in [1.807, 2.05) is 20.0 Å². The summed E-state index contributed by atoms with van der Waals surface area (Å²) in [4.78, 5) is 21.5. The van der Waals surface area contributed by atoms with Gasteiger partial charge < -0.3 is 25.0 Å². The summed E-state index contributed by atoms with van der Waals surface area (Å²) in [5, 5.41) is 24.3. The highest BCUT2D eigenvalue weighted by Crippen LogP contribution is 2.31. The molecule has 0 unspecified atom stereocenters. The van der Waals surface area contributed by atoms with Crippen LogP contribution in [0.5, 0.6) is 11.6 Å². The van der Waals surface area contributed by atoms with Crippen LogP contribution in [0.2, 0.25) is 0 Å². The van der Waals surface area contributed by atoms with Crippen molar-refractivity contribution in [3.63, 3.8) is 0 Å². The molecule has 4 aromatic heterocycles. The molecule has 11 heteroatoms. The summed E-state index contributed by atoms with van der Waals surface area (Å²) in [6.45, 7) is 2.55. The highest BCUT2D eigenvalue weighted by atomic mass is 16.5. The lowest BCUT2D eigenvalue weighted by atomic mass is 10.2. The quantitative estimate of drug-likeness (QED) is 0.356. The van der Waals surface area contributed by atoms with Crippen LogP contribution in [0.15, 0.2) is 37.1 Å². The van der Waals surface area contributed by atoms with Gasteiger partial charge in [-0.2, -0.15) is 10.2 Å². The average Bonchev–Trinajstić information content (AvgIpc) is 3.16. The number of nitrogens with one attached hydrogen (secondary N) is 2. The fraction of sp³-hybridized carbons (Fsp3) is 0.238. The molecule has 4 rings (SSSR count). The lowest BCUT2D eigenvalue weighted by Crippen LogP contribution is -2.06. The largest absolute Gasteiger partial charge is 0.437 e. The van der Waals surface area contributed by atoms with Crippen molar-refractivity contribution in [3.8, 4) is 17.7 Å². The molecule has 162 valence electrons. The molecule has 0 radical (unpaired) electrons. The van der Waals surface area contributed by atoms with Crippen molar-refractivity contribution in [1.29, 1.82) is 5.26 Å². The van der Waals surface area contributed by atoms with E-state index in [9.17, 15) is 0 Å². The number of aliphatic hydroxyl groups is 1. The summed E-state index contributed by atoms with van der Waals surface area (Å²) in [7, 11) is 1.85. The molecule has 0 aliphatic carbocycles. The maximum atomic E-state index is 9.01. The minimum absolute atomic E-state index is 0.106. The molecule has 11 nitrogen and oxygen atoms in total. The van der Waals surface area contributed by atoms with Crippen LogP contribution in [0, 0.1) is 18.3 Å². The highest BCUT2D eigenvalue weighted by molar-refractivity contribution is 5.88. The van der Waals surface area contributed by atoms with Gasteiger partial charge in [-0.05, 0) is 25.0 Å². The van der Waals surface area contributed by atoms with E-state index in [2.05, 4.69) is 35.6 Å². The van der Waals surface area contributed by atoms with Crippen LogP contribution in [0.4, 0.5) is 17.3 Å². The Morgan fingerprint density at radius 3 is 2.78 bits per heavy atom. The fourth-order valence-corrected chi connectivity index (χ4v) is 3.00. The number of aromatic nitrogens is 6. The predicted molar refractivity (Wildman–Crippen MR) is 118 cm³/mol. The minimum atomic E-state index is 0.106. The summed E-state index contributed by atoms with van der Waals surface area (Å²) in [5.41, 5.74) is 3.03. The van der Waals surface area contributed by atoms with E-state index >= 15 is 0 Å². The Balaban J connectivity index is 1.65. The first-order chi connectivity index (χ1) is 15.6. The zero-order chi connectivity index (χ0) is 22.5. The van der Waals surface area contributed by atoms with E-state index in [1.165, 1.54) is 12.5 Å². The first-order valence-corrected chi connectivity index (χ1v) is 9.88. The van der Waals surface area contributed by atoms with E-state index in [1.54, 1.807) is 29.1 Å². The maximum Gasteiger partial charge on any atom is 0.223 e. The number of fused-ring (bicyclic) bond motifs is 1. The smallest absolute Gasteiger partial charge is 0.223 e. The van der Waals surface area contributed by atoms with Gasteiger partial charge in [-0.15, -0.1) is 0 Å². The Bertz CT molecular complexity index is 1300. The molecule has 0 atom stereocenters. The summed E-state index contributed by atoms with van der Waals surface area (Å²) in [6.07, 6.45) is 5.24. The van der Waals surface area contributed by atoms with Crippen LogP contribution in [0.1, 0.15) is 17.7 Å². The van der Waals surface area contributed by atoms with E-state index < -0.39 is 0 Å². The van der Waals surface area contributed by atoms with Gasteiger partial charge in [0.15, 0.2) is 11.4 Å². The van der Waals surface area contributed by atoms with E-state index in [0.29, 0.717) is 58.8 Å². The molecule has 4 aromatic rings. The fourth-order valence-electron chi connectivity index (χ4n) is 3.00. The second kappa shape index (κ2) is 9.23. The molecular formula is C21H21N9O2. The molecule has 0 aliphatic rings. The summed E-state index contributed by atoms with van der Waals surface area (Å²) < 4.78 is 7.77. The molecule has 4 heterocycles. The van der Waals surface area contributed by atoms with Crippen LogP contribution in [0.3, 0.4) is 0 Å². The van der Waals surface area contributed by atoms with Crippen LogP contribution >= 0.6 is 0 Å². The van der Waals surface area contributed by atoms with Gasteiger partial charge in [-0.25, -0.2) is 19.9 Å². The number of rotatable bonds is 8. The molecule has 0 aliphatic heterocycles. The van der Waals surface area contributed by atoms with Crippen LogP contribution in [-0.4, -0.2) is 47.7 Å². The van der Waals surface area contributed by atoms with E-state index in [4.69, 9.17) is 15.1 Å². The Morgan fingerprint density at radius 1 is 1.16 bits per heavy atom. The summed E-state index contributed by atoms with van der Waals surface area (Å²) >= 11 is 0. The molecule has 0 spiro atoms. The molecule has 0 amide bonds. The number of nitrogens with zero attached hydrogens (tertiary/aromatic N) is 7. The minimum Gasteiger partial charge on any atom is -0.437 e. The third-order valence-electron chi connectivity index (χ3n) is 4.61. The summed E-state index contributed by atoms with van der Waals surface area (Å²) in [5.74, 6) is 2.04. The zero-order valence-corrected chi connectivity index (χ0v) is 17.6. The first-order valence-electron chi connectivity index (χ1n) is 9.88. The third-order valence-corrected chi connectivity index (χ3v) is 4.61. The molecule has 0 bridgehead atoms. The Labute approximate surface area is 183 Å². The topological polar surface area (TPSA) is 147 Å². The second-order valence-electron chi connectivity index (χ2n) is 7.00. The van der Waals surface area contributed by atoms with Crippen molar-refractivity contribution in [3.05, 3.63) is 48.3 Å². The Kier molecular flexibility index (Phi) is 6.05. The molecule has 0 fully saturated rings.